The largest absolute Gasteiger partial charge is 0.313 e. The van der Waals surface area contributed by atoms with Gasteiger partial charge < -0.3 is 5.32 Å². The molecule has 1 aromatic carbocycles. The molecule has 0 saturated carbocycles. The van der Waals surface area contributed by atoms with Crippen molar-refractivity contribution in [3.8, 4) is 0 Å². The first-order chi connectivity index (χ1) is 9.90. The van der Waals surface area contributed by atoms with Gasteiger partial charge in [-0.25, -0.2) is 0 Å². The quantitative estimate of drug-likeness (QED) is 0.829. The molecule has 1 aliphatic carbocycles. The number of pyridine rings is 1. The van der Waals surface area contributed by atoms with Crippen molar-refractivity contribution in [2.24, 2.45) is 0 Å². The summed E-state index contributed by atoms with van der Waals surface area (Å²) in [6, 6.07) is 8.61. The molecule has 0 amide bonds. The van der Waals surface area contributed by atoms with Crippen LogP contribution in [-0.4, -0.2) is 11.5 Å². The highest BCUT2D eigenvalue weighted by Crippen LogP contribution is 2.29. The third-order valence-electron chi connectivity index (χ3n) is 4.30. The summed E-state index contributed by atoms with van der Waals surface area (Å²) in [7, 11) is 0. The zero-order valence-corrected chi connectivity index (χ0v) is 12.4. The van der Waals surface area contributed by atoms with Crippen LogP contribution in [0.5, 0.6) is 0 Å². The number of hydrogen-bond donors (Lipinski definition) is 1. The van der Waals surface area contributed by atoms with Gasteiger partial charge in [0.15, 0.2) is 0 Å². The lowest BCUT2D eigenvalue weighted by atomic mass is 9.90. The lowest BCUT2D eigenvalue weighted by Gasteiger charge is -2.21. The number of nitrogens with one attached hydrogen (secondary N) is 1. The molecule has 0 fully saturated rings. The zero-order valence-electron chi connectivity index (χ0n) is 12.4. The molecule has 0 radical (unpaired) electrons. The van der Waals surface area contributed by atoms with Crippen LogP contribution in [0, 0.1) is 0 Å². The summed E-state index contributed by atoms with van der Waals surface area (Å²) in [4.78, 5) is 4.89. The Morgan fingerprint density at radius 2 is 2.00 bits per heavy atom. The Bertz CT molecular complexity index is 589. The molecule has 3 rings (SSSR count). The van der Waals surface area contributed by atoms with Crippen molar-refractivity contribution in [3.05, 3.63) is 41.1 Å². The number of aryl methyl sites for hydroxylation is 1. The highest BCUT2D eigenvalue weighted by molar-refractivity contribution is 5.83. The molecule has 1 aliphatic rings. The number of para-hydroxylation sites is 1. The van der Waals surface area contributed by atoms with Crippen LogP contribution in [0.15, 0.2) is 24.3 Å². The van der Waals surface area contributed by atoms with Crippen molar-refractivity contribution in [1.82, 2.24) is 10.3 Å². The second kappa shape index (κ2) is 6.36. The first-order valence-electron chi connectivity index (χ1n) is 8.00. The smallest absolute Gasteiger partial charge is 0.0708 e. The van der Waals surface area contributed by atoms with E-state index in [2.05, 4.69) is 36.5 Å². The summed E-state index contributed by atoms with van der Waals surface area (Å²) < 4.78 is 0. The van der Waals surface area contributed by atoms with Gasteiger partial charge in [0.1, 0.15) is 0 Å². The maximum absolute atomic E-state index is 4.89. The maximum Gasteiger partial charge on any atom is 0.0708 e. The van der Waals surface area contributed by atoms with E-state index in [0.717, 1.165) is 19.5 Å². The highest BCUT2D eigenvalue weighted by Gasteiger charge is 2.17. The fourth-order valence-corrected chi connectivity index (χ4v) is 3.19. The summed E-state index contributed by atoms with van der Waals surface area (Å²) >= 11 is 0. The lowest BCUT2D eigenvalue weighted by Crippen LogP contribution is -2.18. The van der Waals surface area contributed by atoms with Gasteiger partial charge in [0, 0.05) is 17.6 Å². The van der Waals surface area contributed by atoms with E-state index in [1.165, 1.54) is 59.8 Å². The Morgan fingerprint density at radius 3 is 2.90 bits per heavy atom. The Hall–Kier alpha value is -1.41. The van der Waals surface area contributed by atoms with Gasteiger partial charge >= 0.3 is 0 Å². The van der Waals surface area contributed by atoms with Gasteiger partial charge in [0.05, 0.1) is 5.52 Å². The Balaban J connectivity index is 1.97. The van der Waals surface area contributed by atoms with Crippen LogP contribution in [0.25, 0.3) is 10.9 Å². The maximum atomic E-state index is 4.89. The van der Waals surface area contributed by atoms with Crippen LogP contribution in [0.1, 0.15) is 49.4 Å². The van der Waals surface area contributed by atoms with Gasteiger partial charge in [-0.05, 0) is 55.8 Å². The molecule has 0 bridgehead atoms. The minimum atomic E-state index is 0.991. The molecule has 2 heteroatoms. The summed E-state index contributed by atoms with van der Waals surface area (Å²) in [6.45, 7) is 4.35. The monoisotopic (exact) mass is 268 g/mol. The minimum absolute atomic E-state index is 0.991. The van der Waals surface area contributed by atoms with Crippen LogP contribution < -0.4 is 5.32 Å². The van der Waals surface area contributed by atoms with E-state index in [0.29, 0.717) is 0 Å². The molecule has 2 aromatic rings. The van der Waals surface area contributed by atoms with Gasteiger partial charge in [-0.2, -0.15) is 0 Å². The first-order valence-corrected chi connectivity index (χ1v) is 8.00. The van der Waals surface area contributed by atoms with Gasteiger partial charge in [-0.3, -0.25) is 4.98 Å². The number of hydrogen-bond acceptors (Lipinski definition) is 2. The van der Waals surface area contributed by atoms with Crippen molar-refractivity contribution in [2.45, 2.75) is 52.0 Å². The number of nitrogens with zero attached hydrogens (tertiary/aromatic N) is 1. The molecule has 2 nitrogen and oxygen atoms in total. The molecule has 1 aromatic heterocycles. The minimum Gasteiger partial charge on any atom is -0.313 e. The third kappa shape index (κ3) is 2.71. The normalized spacial score (nSPS) is 14.4. The summed E-state index contributed by atoms with van der Waals surface area (Å²) in [5.74, 6) is 0. The Kier molecular flexibility index (Phi) is 4.31. The molecular formula is C18H24N2. The molecule has 0 atom stereocenters. The molecule has 0 aliphatic heterocycles. The van der Waals surface area contributed by atoms with Gasteiger partial charge in [-0.1, -0.05) is 31.5 Å². The van der Waals surface area contributed by atoms with Crippen molar-refractivity contribution in [2.75, 3.05) is 6.54 Å². The molecule has 0 unspecified atom stereocenters. The number of aromatic nitrogens is 1. The average molecular weight is 268 g/mol. The standard InChI is InChI=1S/C18H24N2/c1-2-3-12-19-13-16-14-8-4-6-10-17(14)20-18-11-7-5-9-15(16)18/h4,6,8,10,19H,2-3,5,7,9,11-13H2,1H3. The third-order valence-corrected chi connectivity index (χ3v) is 4.30. The Labute approximate surface area is 121 Å². The van der Waals surface area contributed by atoms with E-state index < -0.39 is 0 Å². The second-order valence-corrected chi connectivity index (χ2v) is 5.77. The van der Waals surface area contributed by atoms with Gasteiger partial charge in [0.25, 0.3) is 0 Å². The van der Waals surface area contributed by atoms with Crippen molar-refractivity contribution >= 4 is 10.9 Å². The number of unbranched alkanes of at least 4 members (excludes halogenated alkanes) is 1. The predicted molar refractivity (Wildman–Crippen MR) is 85.0 cm³/mol. The Morgan fingerprint density at radius 1 is 1.15 bits per heavy atom. The van der Waals surface area contributed by atoms with Gasteiger partial charge in [-0.15, -0.1) is 0 Å². The lowest BCUT2D eigenvalue weighted by molar-refractivity contribution is 0.624. The molecule has 1 heterocycles. The molecular weight excluding hydrogens is 244 g/mol. The molecule has 0 saturated heterocycles. The topological polar surface area (TPSA) is 24.9 Å². The van der Waals surface area contributed by atoms with E-state index >= 15 is 0 Å². The van der Waals surface area contributed by atoms with E-state index in [1.807, 2.05) is 0 Å². The van der Waals surface area contributed by atoms with Gasteiger partial charge in [0.2, 0.25) is 0 Å². The number of rotatable bonds is 5. The summed E-state index contributed by atoms with van der Waals surface area (Å²) in [5.41, 5.74) is 5.54. The van der Waals surface area contributed by atoms with Crippen molar-refractivity contribution in [1.29, 1.82) is 0 Å². The second-order valence-electron chi connectivity index (χ2n) is 5.77. The van der Waals surface area contributed by atoms with Crippen LogP contribution in [0.2, 0.25) is 0 Å². The molecule has 20 heavy (non-hydrogen) atoms. The molecule has 1 N–H and O–H groups in total. The number of fused-ring (bicyclic) bond motifs is 2. The van der Waals surface area contributed by atoms with E-state index in [4.69, 9.17) is 4.98 Å². The SMILES string of the molecule is CCCCNCc1c2c(nc3ccccc13)CCCC2. The summed E-state index contributed by atoms with van der Waals surface area (Å²) in [6.07, 6.45) is 7.48. The first kappa shape index (κ1) is 13.6. The van der Waals surface area contributed by atoms with Crippen molar-refractivity contribution in [3.63, 3.8) is 0 Å². The predicted octanol–water partition coefficient (Wildman–Crippen LogP) is 4.00. The molecule has 0 spiro atoms. The number of benzene rings is 1. The highest BCUT2D eigenvalue weighted by atomic mass is 14.8. The summed E-state index contributed by atoms with van der Waals surface area (Å²) in [5, 5.41) is 4.96. The fourth-order valence-electron chi connectivity index (χ4n) is 3.19. The fraction of sp³-hybridized carbons (Fsp3) is 0.500. The molecule has 106 valence electrons. The average Bonchev–Trinajstić information content (AvgIpc) is 2.50. The van der Waals surface area contributed by atoms with Crippen LogP contribution in [-0.2, 0) is 19.4 Å². The van der Waals surface area contributed by atoms with Crippen molar-refractivity contribution < 1.29 is 0 Å². The zero-order chi connectivity index (χ0) is 13.8. The van der Waals surface area contributed by atoms with E-state index in [1.54, 1.807) is 0 Å². The van der Waals surface area contributed by atoms with Crippen LogP contribution in [0.3, 0.4) is 0 Å². The van der Waals surface area contributed by atoms with Crippen LogP contribution in [0.4, 0.5) is 0 Å². The van der Waals surface area contributed by atoms with E-state index in [-0.39, 0.29) is 0 Å². The van der Waals surface area contributed by atoms with E-state index in [9.17, 15) is 0 Å². The van der Waals surface area contributed by atoms with Crippen LogP contribution >= 0.6 is 0 Å².